The predicted molar refractivity (Wildman–Crippen MR) is 105 cm³/mol. The number of amides is 1. The Hall–Kier alpha value is -2.87. The third-order valence-corrected chi connectivity index (χ3v) is 4.62. The summed E-state index contributed by atoms with van der Waals surface area (Å²) in [5, 5.41) is 14.6. The van der Waals surface area contributed by atoms with E-state index in [-0.39, 0.29) is 16.8 Å². The second-order valence-corrected chi connectivity index (χ2v) is 7.12. The van der Waals surface area contributed by atoms with Crippen LogP contribution in [0.3, 0.4) is 0 Å². The lowest BCUT2D eigenvalue weighted by Crippen LogP contribution is -2.26. The van der Waals surface area contributed by atoms with Crippen LogP contribution >= 0.6 is 11.8 Å². The molecule has 0 aromatic heterocycles. The maximum Gasteiger partial charge on any atom is 0.270 e. The van der Waals surface area contributed by atoms with Crippen LogP contribution in [0.1, 0.15) is 12.5 Å². The maximum atomic E-state index is 12.2. The Balaban J connectivity index is 2.06. The van der Waals surface area contributed by atoms with Crippen LogP contribution in [0.4, 0.5) is 11.4 Å². The number of hydrogen-bond acceptors (Lipinski definition) is 6. The lowest BCUT2D eigenvalue weighted by Gasteiger charge is -2.15. The van der Waals surface area contributed by atoms with Crippen molar-refractivity contribution in [3.63, 3.8) is 0 Å². The number of nitro benzene ring substituents is 1. The van der Waals surface area contributed by atoms with Gasteiger partial charge in [-0.2, -0.15) is 5.10 Å². The lowest BCUT2D eigenvalue weighted by molar-refractivity contribution is -0.384. The lowest BCUT2D eigenvalue weighted by atomic mass is 10.1. The topological polar surface area (TPSA) is 87.8 Å². The van der Waals surface area contributed by atoms with Crippen LogP contribution in [0.2, 0.25) is 0 Å². The Kier molecular flexibility index (Phi) is 6.74. The summed E-state index contributed by atoms with van der Waals surface area (Å²) in [5.41, 5.74) is 3.77. The molecule has 0 bridgehead atoms. The van der Waals surface area contributed by atoms with E-state index in [1.807, 2.05) is 49.3 Å². The Morgan fingerprint density at radius 2 is 1.96 bits per heavy atom. The fraction of sp³-hybridized carbons (Fsp3) is 0.222. The van der Waals surface area contributed by atoms with E-state index < -0.39 is 4.92 Å². The molecule has 2 aromatic carbocycles. The van der Waals surface area contributed by atoms with E-state index in [0.717, 1.165) is 10.6 Å². The number of nitrogens with one attached hydrogen (secondary N) is 1. The molecule has 0 radical (unpaired) electrons. The number of non-ortho nitro benzene ring substituents is 1. The molecule has 7 nitrogen and oxygen atoms in total. The molecule has 0 saturated heterocycles. The van der Waals surface area contributed by atoms with E-state index in [1.54, 1.807) is 13.0 Å². The van der Waals surface area contributed by atoms with Gasteiger partial charge in [0, 0.05) is 42.4 Å². The van der Waals surface area contributed by atoms with E-state index in [2.05, 4.69) is 10.5 Å². The van der Waals surface area contributed by atoms with Crippen LogP contribution in [0.25, 0.3) is 0 Å². The van der Waals surface area contributed by atoms with Gasteiger partial charge in [0.25, 0.3) is 11.6 Å². The summed E-state index contributed by atoms with van der Waals surface area (Å²) in [7, 11) is 3.66. The molecule has 0 saturated carbocycles. The fourth-order valence-electron chi connectivity index (χ4n) is 2.18. The molecule has 0 aliphatic heterocycles. The van der Waals surface area contributed by atoms with Crippen molar-refractivity contribution in [3.8, 4) is 0 Å². The first-order chi connectivity index (χ1) is 12.4. The smallest absolute Gasteiger partial charge is 0.270 e. The molecular formula is C18H20N4O3S. The minimum atomic E-state index is -0.464. The number of rotatable bonds is 7. The largest absolute Gasteiger partial charge is 0.377 e. The Labute approximate surface area is 156 Å². The van der Waals surface area contributed by atoms with Gasteiger partial charge >= 0.3 is 0 Å². The summed E-state index contributed by atoms with van der Waals surface area (Å²) >= 11 is 1.43. The van der Waals surface area contributed by atoms with E-state index in [9.17, 15) is 14.9 Å². The van der Waals surface area contributed by atoms with Gasteiger partial charge in [-0.15, -0.1) is 11.8 Å². The first kappa shape index (κ1) is 19.5. The Bertz CT molecular complexity index is 809. The van der Waals surface area contributed by atoms with E-state index in [4.69, 9.17) is 0 Å². The molecule has 0 spiro atoms. The molecule has 0 fully saturated rings. The molecule has 2 rings (SSSR count). The number of nitro groups is 1. The van der Waals surface area contributed by atoms with Crippen molar-refractivity contribution in [1.29, 1.82) is 0 Å². The molecule has 0 aliphatic rings. The number of thioether (sulfide) groups is 1. The molecule has 26 heavy (non-hydrogen) atoms. The quantitative estimate of drug-likeness (QED) is 0.349. The second kappa shape index (κ2) is 9.00. The van der Waals surface area contributed by atoms with Crippen LogP contribution in [0.15, 0.2) is 58.5 Å². The average molecular weight is 372 g/mol. The van der Waals surface area contributed by atoms with Crippen molar-refractivity contribution in [2.45, 2.75) is 17.1 Å². The molecule has 136 valence electrons. The third-order valence-electron chi connectivity index (χ3n) is 3.51. The highest BCUT2D eigenvalue weighted by Gasteiger charge is 2.14. The highest BCUT2D eigenvalue weighted by atomic mass is 32.2. The number of anilines is 1. The van der Waals surface area contributed by atoms with Gasteiger partial charge in [-0.25, -0.2) is 5.43 Å². The van der Waals surface area contributed by atoms with Gasteiger partial charge in [0.15, 0.2) is 0 Å². The van der Waals surface area contributed by atoms with E-state index >= 15 is 0 Å². The molecule has 8 heteroatoms. The van der Waals surface area contributed by atoms with Crippen molar-refractivity contribution in [2.24, 2.45) is 5.10 Å². The van der Waals surface area contributed by atoms with E-state index in [0.29, 0.717) is 5.56 Å². The molecule has 1 atom stereocenters. The summed E-state index contributed by atoms with van der Waals surface area (Å²) in [5.74, 6) is -0.244. The summed E-state index contributed by atoms with van der Waals surface area (Å²) < 4.78 is 0. The number of hydrazone groups is 1. The monoisotopic (exact) mass is 372 g/mol. The molecule has 0 aliphatic carbocycles. The number of nitrogens with zero attached hydrogens (tertiary/aromatic N) is 3. The number of carbonyl (C=O) groups excluding carboxylic acids is 1. The highest BCUT2D eigenvalue weighted by molar-refractivity contribution is 8.00. The van der Waals surface area contributed by atoms with Crippen molar-refractivity contribution in [1.82, 2.24) is 5.43 Å². The van der Waals surface area contributed by atoms with E-state index in [1.165, 1.54) is 30.1 Å². The first-order valence-electron chi connectivity index (χ1n) is 7.89. The van der Waals surface area contributed by atoms with Crippen LogP contribution in [-0.4, -0.2) is 36.4 Å². The fourth-order valence-corrected chi connectivity index (χ4v) is 3.06. The zero-order chi connectivity index (χ0) is 19.1. The number of hydrogen-bond donors (Lipinski definition) is 1. The minimum absolute atomic E-state index is 0.0311. The van der Waals surface area contributed by atoms with Crippen LogP contribution < -0.4 is 10.3 Å². The van der Waals surface area contributed by atoms with Gasteiger partial charge in [-0.3, -0.25) is 14.9 Å². The van der Waals surface area contributed by atoms with Gasteiger partial charge in [-0.1, -0.05) is 18.2 Å². The van der Waals surface area contributed by atoms with Crippen molar-refractivity contribution in [2.75, 3.05) is 19.0 Å². The standard InChI is InChI=1S/C18H20N4O3S/c1-13(26-16-7-5-4-6-8-16)18(23)20-19-12-14-11-15(22(24)25)9-10-17(14)21(2)3/h4-13H,1-3H3,(H,20,23)/b19-12-/t13-/m1/s1. The average Bonchev–Trinajstić information content (AvgIpc) is 2.62. The maximum absolute atomic E-state index is 12.2. The molecule has 1 amide bonds. The third kappa shape index (κ3) is 5.32. The SMILES string of the molecule is C[C@@H](Sc1ccccc1)C(=O)N/N=C\c1cc([N+](=O)[O-])ccc1N(C)C. The Morgan fingerprint density at radius 1 is 1.27 bits per heavy atom. The Morgan fingerprint density at radius 3 is 2.58 bits per heavy atom. The zero-order valence-corrected chi connectivity index (χ0v) is 15.6. The van der Waals surface area contributed by atoms with Gasteiger partial charge in [-0.05, 0) is 25.1 Å². The van der Waals surface area contributed by atoms with Crippen LogP contribution in [-0.2, 0) is 4.79 Å². The molecule has 0 unspecified atom stereocenters. The second-order valence-electron chi connectivity index (χ2n) is 5.70. The molecular weight excluding hydrogens is 352 g/mol. The van der Waals surface area contributed by atoms with Crippen LogP contribution in [0.5, 0.6) is 0 Å². The van der Waals surface area contributed by atoms with Crippen LogP contribution in [0, 0.1) is 10.1 Å². The summed E-state index contributed by atoms with van der Waals surface area (Å²) in [4.78, 5) is 25.5. The van der Waals surface area contributed by atoms with Crippen molar-refractivity contribution < 1.29 is 9.72 Å². The van der Waals surface area contributed by atoms with Crippen molar-refractivity contribution in [3.05, 3.63) is 64.2 Å². The predicted octanol–water partition coefficient (Wildman–Crippen LogP) is 3.29. The molecule has 1 N–H and O–H groups in total. The zero-order valence-electron chi connectivity index (χ0n) is 14.7. The number of carbonyl (C=O) groups is 1. The molecule has 0 heterocycles. The summed E-state index contributed by atoms with van der Waals surface area (Å²) in [6.45, 7) is 1.79. The van der Waals surface area contributed by atoms with Crippen molar-refractivity contribution >= 4 is 35.3 Å². The minimum Gasteiger partial charge on any atom is -0.377 e. The summed E-state index contributed by atoms with van der Waals surface area (Å²) in [6.07, 6.45) is 1.42. The number of benzene rings is 2. The highest BCUT2D eigenvalue weighted by Crippen LogP contribution is 2.23. The summed E-state index contributed by atoms with van der Waals surface area (Å²) in [6, 6.07) is 14.1. The van der Waals surface area contributed by atoms with Gasteiger partial charge in [0.2, 0.25) is 0 Å². The van der Waals surface area contributed by atoms with Gasteiger partial charge < -0.3 is 4.90 Å². The first-order valence-corrected chi connectivity index (χ1v) is 8.77. The molecule has 2 aromatic rings. The van der Waals surface area contributed by atoms with Gasteiger partial charge in [0.05, 0.1) is 16.4 Å². The normalized spacial score (nSPS) is 12.0. The van der Waals surface area contributed by atoms with Gasteiger partial charge in [0.1, 0.15) is 0 Å².